The van der Waals surface area contributed by atoms with Gasteiger partial charge in [0.2, 0.25) is 0 Å². The van der Waals surface area contributed by atoms with Crippen molar-refractivity contribution < 1.29 is 0 Å². The van der Waals surface area contributed by atoms with Crippen LogP contribution in [0.15, 0.2) is 5.51 Å². The quantitative estimate of drug-likeness (QED) is 0.780. The van der Waals surface area contributed by atoms with E-state index >= 15 is 0 Å². The van der Waals surface area contributed by atoms with E-state index in [1.165, 1.54) is 38.0 Å². The average Bonchev–Trinajstić information content (AvgIpc) is 2.78. The van der Waals surface area contributed by atoms with Crippen molar-refractivity contribution in [1.29, 1.82) is 0 Å². The van der Waals surface area contributed by atoms with E-state index in [1.54, 1.807) is 4.88 Å². The van der Waals surface area contributed by atoms with Crippen LogP contribution in [0.1, 0.15) is 29.5 Å². The van der Waals surface area contributed by atoms with Crippen molar-refractivity contribution in [2.75, 3.05) is 26.2 Å². The molecule has 1 aromatic rings. The second kappa shape index (κ2) is 4.20. The summed E-state index contributed by atoms with van der Waals surface area (Å²) in [6.45, 7) is 4.68. The molecule has 1 N–H and O–H groups in total. The zero-order valence-corrected chi connectivity index (χ0v) is 9.72. The van der Waals surface area contributed by atoms with E-state index in [4.69, 9.17) is 0 Å². The van der Waals surface area contributed by atoms with Gasteiger partial charge in [-0.15, -0.1) is 11.3 Å². The molecular formula is C11H17N3S. The molecule has 0 spiro atoms. The highest BCUT2D eigenvalue weighted by Gasteiger charge is 2.28. The predicted molar refractivity (Wildman–Crippen MR) is 62.2 cm³/mol. The maximum Gasteiger partial charge on any atom is 0.0798 e. The average molecular weight is 223 g/mol. The number of rotatable bonds is 1. The van der Waals surface area contributed by atoms with Crippen LogP contribution >= 0.6 is 11.3 Å². The van der Waals surface area contributed by atoms with Gasteiger partial charge in [-0.1, -0.05) is 0 Å². The molecule has 1 aromatic heterocycles. The Morgan fingerprint density at radius 2 is 2.27 bits per heavy atom. The second-order valence-corrected chi connectivity index (χ2v) is 5.24. The van der Waals surface area contributed by atoms with Gasteiger partial charge in [-0.2, -0.15) is 0 Å². The highest BCUT2D eigenvalue weighted by molar-refractivity contribution is 7.09. The summed E-state index contributed by atoms with van der Waals surface area (Å²) in [5.74, 6) is 0. The smallest absolute Gasteiger partial charge is 0.0798 e. The molecule has 0 amide bonds. The van der Waals surface area contributed by atoms with E-state index in [2.05, 4.69) is 15.2 Å². The first-order valence-electron chi connectivity index (χ1n) is 5.82. The summed E-state index contributed by atoms with van der Waals surface area (Å²) in [6.07, 6.45) is 3.84. The third-order valence-corrected chi connectivity index (χ3v) is 4.43. The minimum Gasteiger partial charge on any atom is -0.314 e. The largest absolute Gasteiger partial charge is 0.314 e. The molecule has 3 rings (SSSR count). The van der Waals surface area contributed by atoms with E-state index in [9.17, 15) is 0 Å². The van der Waals surface area contributed by atoms with E-state index in [0.29, 0.717) is 6.04 Å². The number of hydrogen-bond acceptors (Lipinski definition) is 4. The van der Waals surface area contributed by atoms with E-state index in [0.717, 1.165) is 13.1 Å². The number of aryl methyl sites for hydroxylation is 1. The lowest BCUT2D eigenvalue weighted by molar-refractivity contribution is 0.160. The van der Waals surface area contributed by atoms with Gasteiger partial charge in [0.1, 0.15) is 0 Å². The first-order chi connectivity index (χ1) is 7.45. The van der Waals surface area contributed by atoms with Crippen molar-refractivity contribution in [3.05, 3.63) is 16.1 Å². The molecule has 0 aromatic carbocycles. The summed E-state index contributed by atoms with van der Waals surface area (Å²) in [5.41, 5.74) is 3.39. The van der Waals surface area contributed by atoms with Crippen LogP contribution in [0.4, 0.5) is 0 Å². The summed E-state index contributed by atoms with van der Waals surface area (Å²) in [7, 11) is 0. The lowest BCUT2D eigenvalue weighted by Gasteiger charge is -2.36. The van der Waals surface area contributed by atoms with Gasteiger partial charge < -0.3 is 5.32 Å². The maximum absolute atomic E-state index is 4.48. The van der Waals surface area contributed by atoms with Gasteiger partial charge in [0.15, 0.2) is 0 Å². The molecule has 1 aliphatic carbocycles. The van der Waals surface area contributed by atoms with Crippen LogP contribution < -0.4 is 5.32 Å². The molecule has 1 saturated heterocycles. The van der Waals surface area contributed by atoms with Crippen molar-refractivity contribution in [2.45, 2.75) is 25.3 Å². The molecule has 1 fully saturated rings. The van der Waals surface area contributed by atoms with E-state index < -0.39 is 0 Å². The second-order valence-electron chi connectivity index (χ2n) is 4.36. The lowest BCUT2D eigenvalue weighted by atomic mass is 9.96. The van der Waals surface area contributed by atoms with Gasteiger partial charge in [0, 0.05) is 37.1 Å². The number of aromatic nitrogens is 1. The number of hydrogen-bond donors (Lipinski definition) is 1. The molecule has 1 atom stereocenters. The molecule has 82 valence electrons. The summed E-state index contributed by atoms with van der Waals surface area (Å²) < 4.78 is 0. The van der Waals surface area contributed by atoms with Gasteiger partial charge in [-0.05, 0) is 19.3 Å². The van der Waals surface area contributed by atoms with Crippen LogP contribution in [0, 0.1) is 0 Å². The van der Waals surface area contributed by atoms with Crippen molar-refractivity contribution in [3.8, 4) is 0 Å². The van der Waals surface area contributed by atoms with Crippen molar-refractivity contribution in [3.63, 3.8) is 0 Å². The minimum atomic E-state index is 0.670. The number of nitrogens with zero attached hydrogens (tertiary/aromatic N) is 2. The lowest BCUT2D eigenvalue weighted by Crippen LogP contribution is -2.45. The summed E-state index contributed by atoms with van der Waals surface area (Å²) in [6, 6.07) is 0.670. The van der Waals surface area contributed by atoms with E-state index in [1.807, 2.05) is 16.8 Å². The zero-order chi connectivity index (χ0) is 10.1. The summed E-state index contributed by atoms with van der Waals surface area (Å²) in [4.78, 5) is 8.65. The Balaban J connectivity index is 1.82. The third kappa shape index (κ3) is 1.82. The number of thiazole rings is 1. The molecule has 0 bridgehead atoms. The molecule has 2 heterocycles. The summed E-state index contributed by atoms with van der Waals surface area (Å²) in [5, 5.41) is 3.42. The van der Waals surface area contributed by atoms with E-state index in [-0.39, 0.29) is 0 Å². The van der Waals surface area contributed by atoms with Crippen LogP contribution in [0.2, 0.25) is 0 Å². The molecule has 15 heavy (non-hydrogen) atoms. The fraction of sp³-hybridized carbons (Fsp3) is 0.727. The van der Waals surface area contributed by atoms with Crippen molar-refractivity contribution in [1.82, 2.24) is 15.2 Å². The highest BCUT2D eigenvalue weighted by Crippen LogP contribution is 2.36. The van der Waals surface area contributed by atoms with Crippen LogP contribution in [0.25, 0.3) is 0 Å². The summed E-state index contributed by atoms with van der Waals surface area (Å²) >= 11 is 1.85. The van der Waals surface area contributed by atoms with Crippen LogP contribution in [-0.4, -0.2) is 36.1 Å². The Kier molecular flexibility index (Phi) is 2.73. The fourth-order valence-electron chi connectivity index (χ4n) is 2.67. The Morgan fingerprint density at radius 3 is 3.13 bits per heavy atom. The SMILES string of the molecule is c1nc2c(s1)C(N1CCNCC1)CCC2. The molecule has 2 aliphatic rings. The molecular weight excluding hydrogens is 206 g/mol. The predicted octanol–water partition coefficient (Wildman–Crippen LogP) is 1.43. The van der Waals surface area contributed by atoms with Crippen LogP contribution in [-0.2, 0) is 6.42 Å². The Morgan fingerprint density at radius 1 is 1.40 bits per heavy atom. The van der Waals surface area contributed by atoms with Gasteiger partial charge in [0.05, 0.1) is 11.2 Å². The Labute approximate surface area is 94.5 Å². The normalized spacial score (nSPS) is 27.6. The molecule has 1 unspecified atom stereocenters. The fourth-order valence-corrected chi connectivity index (χ4v) is 3.68. The minimum absolute atomic E-state index is 0.670. The third-order valence-electron chi connectivity index (χ3n) is 3.46. The van der Waals surface area contributed by atoms with Gasteiger partial charge in [0.25, 0.3) is 0 Å². The Hall–Kier alpha value is -0.450. The Bertz CT molecular complexity index is 330. The number of fused-ring (bicyclic) bond motifs is 1. The molecule has 3 nitrogen and oxygen atoms in total. The standard InChI is InChI=1S/C11H17N3S/c1-2-9-11(15-8-13-9)10(3-1)14-6-4-12-5-7-14/h8,10,12H,1-7H2. The van der Waals surface area contributed by atoms with Crippen LogP contribution in [0.3, 0.4) is 0 Å². The van der Waals surface area contributed by atoms with Crippen LogP contribution in [0.5, 0.6) is 0 Å². The van der Waals surface area contributed by atoms with Gasteiger partial charge >= 0.3 is 0 Å². The highest BCUT2D eigenvalue weighted by atomic mass is 32.1. The van der Waals surface area contributed by atoms with Crippen molar-refractivity contribution in [2.24, 2.45) is 0 Å². The number of nitrogens with one attached hydrogen (secondary N) is 1. The molecule has 4 heteroatoms. The topological polar surface area (TPSA) is 28.2 Å². The maximum atomic E-state index is 4.48. The zero-order valence-electron chi connectivity index (χ0n) is 8.91. The number of piperazine rings is 1. The molecule has 0 saturated carbocycles. The monoisotopic (exact) mass is 223 g/mol. The van der Waals surface area contributed by atoms with Gasteiger partial charge in [-0.25, -0.2) is 4.98 Å². The first-order valence-corrected chi connectivity index (χ1v) is 6.70. The van der Waals surface area contributed by atoms with Gasteiger partial charge in [-0.3, -0.25) is 4.90 Å². The van der Waals surface area contributed by atoms with Crippen molar-refractivity contribution >= 4 is 11.3 Å². The molecule has 0 radical (unpaired) electrons. The molecule has 1 aliphatic heterocycles. The first kappa shape index (κ1) is 9.75.